The predicted octanol–water partition coefficient (Wildman–Crippen LogP) is 0.219. The van der Waals surface area contributed by atoms with E-state index >= 15 is 0 Å². The van der Waals surface area contributed by atoms with Gasteiger partial charge >= 0.3 is 0 Å². The summed E-state index contributed by atoms with van der Waals surface area (Å²) in [5.41, 5.74) is 5.87. The van der Waals surface area contributed by atoms with Gasteiger partial charge in [-0.3, -0.25) is 4.79 Å². The molecule has 1 amide bonds. The van der Waals surface area contributed by atoms with Gasteiger partial charge < -0.3 is 15.4 Å². The first-order valence-corrected chi connectivity index (χ1v) is 5.13. The van der Waals surface area contributed by atoms with Gasteiger partial charge in [0.2, 0.25) is 5.91 Å². The van der Waals surface area contributed by atoms with Gasteiger partial charge in [0.15, 0.2) is 0 Å². The van der Waals surface area contributed by atoms with Crippen LogP contribution in [0, 0.1) is 5.92 Å². The van der Waals surface area contributed by atoms with Crippen molar-refractivity contribution < 1.29 is 9.53 Å². The number of nitrogens with zero attached hydrogens (tertiary/aromatic N) is 1. The maximum Gasteiger partial charge on any atom is 0.223 e. The molecule has 1 aliphatic rings. The Balaban J connectivity index is 2.18. The van der Waals surface area contributed by atoms with Gasteiger partial charge in [-0.2, -0.15) is 0 Å². The standard InChI is InChI=1S/C10H20N2O2/c1-12(5-6-14-2)10(13)7-9(11)8-3-4-8/h8-9H,3-7,11H2,1-2H3. The lowest BCUT2D eigenvalue weighted by Crippen LogP contribution is -2.35. The quantitative estimate of drug-likeness (QED) is 0.667. The second-order valence-corrected chi connectivity index (χ2v) is 4.01. The van der Waals surface area contributed by atoms with E-state index in [1.807, 2.05) is 0 Å². The molecule has 1 atom stereocenters. The molecule has 82 valence electrons. The smallest absolute Gasteiger partial charge is 0.223 e. The van der Waals surface area contributed by atoms with Crippen molar-refractivity contribution in [3.05, 3.63) is 0 Å². The van der Waals surface area contributed by atoms with E-state index in [2.05, 4.69) is 0 Å². The molecule has 0 aliphatic heterocycles. The van der Waals surface area contributed by atoms with Gasteiger partial charge in [0, 0.05) is 33.2 Å². The molecule has 0 aromatic heterocycles. The van der Waals surface area contributed by atoms with Gasteiger partial charge in [0.1, 0.15) is 0 Å². The first-order valence-electron chi connectivity index (χ1n) is 5.13. The molecule has 0 spiro atoms. The number of methoxy groups -OCH3 is 1. The molecule has 14 heavy (non-hydrogen) atoms. The molecule has 4 heteroatoms. The van der Waals surface area contributed by atoms with Crippen LogP contribution in [0.3, 0.4) is 0 Å². The third-order valence-corrected chi connectivity index (χ3v) is 2.69. The Kier molecular flexibility index (Phi) is 4.35. The van der Waals surface area contributed by atoms with E-state index in [4.69, 9.17) is 10.5 Å². The number of nitrogens with two attached hydrogens (primary N) is 1. The zero-order chi connectivity index (χ0) is 10.6. The molecule has 0 bridgehead atoms. The molecule has 1 rings (SSSR count). The summed E-state index contributed by atoms with van der Waals surface area (Å²) in [6, 6.07) is 0.0625. The molecule has 2 N–H and O–H groups in total. The Morgan fingerprint density at radius 1 is 1.64 bits per heavy atom. The van der Waals surface area contributed by atoms with Crippen molar-refractivity contribution in [1.29, 1.82) is 0 Å². The van der Waals surface area contributed by atoms with Crippen molar-refractivity contribution in [3.63, 3.8) is 0 Å². The lowest BCUT2D eigenvalue weighted by atomic mass is 10.1. The SMILES string of the molecule is COCCN(C)C(=O)CC(N)C1CC1. The molecule has 1 unspecified atom stereocenters. The monoisotopic (exact) mass is 200 g/mol. The number of carbonyl (C=O) groups excluding carboxylic acids is 1. The molecule has 0 aromatic rings. The number of ether oxygens (including phenoxy) is 1. The van der Waals surface area contributed by atoms with E-state index in [0.717, 1.165) is 0 Å². The first kappa shape index (κ1) is 11.5. The molecule has 1 fully saturated rings. The molecule has 0 heterocycles. The highest BCUT2D eigenvalue weighted by molar-refractivity contribution is 5.76. The topological polar surface area (TPSA) is 55.6 Å². The fourth-order valence-electron chi connectivity index (χ4n) is 1.40. The zero-order valence-electron chi connectivity index (χ0n) is 9.03. The van der Waals surface area contributed by atoms with Crippen LogP contribution in [0.25, 0.3) is 0 Å². The fraction of sp³-hybridized carbons (Fsp3) is 0.900. The van der Waals surface area contributed by atoms with Crippen LogP contribution in [0.4, 0.5) is 0 Å². The number of hydrogen-bond donors (Lipinski definition) is 1. The van der Waals surface area contributed by atoms with Gasteiger partial charge in [-0.15, -0.1) is 0 Å². The minimum absolute atomic E-state index is 0.0625. The maximum atomic E-state index is 11.6. The minimum Gasteiger partial charge on any atom is -0.383 e. The molecule has 1 saturated carbocycles. The van der Waals surface area contributed by atoms with Crippen LogP contribution in [0.15, 0.2) is 0 Å². The molecule has 0 aromatic carbocycles. The van der Waals surface area contributed by atoms with Crippen molar-refractivity contribution in [2.24, 2.45) is 11.7 Å². The summed E-state index contributed by atoms with van der Waals surface area (Å²) in [6.07, 6.45) is 2.86. The van der Waals surface area contributed by atoms with Crippen LogP contribution in [0.5, 0.6) is 0 Å². The van der Waals surface area contributed by atoms with Gasteiger partial charge in [-0.25, -0.2) is 0 Å². The summed E-state index contributed by atoms with van der Waals surface area (Å²) < 4.78 is 4.90. The van der Waals surface area contributed by atoms with Crippen molar-refractivity contribution in [2.75, 3.05) is 27.3 Å². The summed E-state index contributed by atoms with van der Waals surface area (Å²) in [5.74, 6) is 0.719. The Morgan fingerprint density at radius 3 is 2.79 bits per heavy atom. The van der Waals surface area contributed by atoms with E-state index in [1.54, 1.807) is 19.1 Å². The van der Waals surface area contributed by atoms with Crippen molar-refractivity contribution in [3.8, 4) is 0 Å². The first-order chi connectivity index (χ1) is 6.65. The van der Waals surface area contributed by atoms with Crippen molar-refractivity contribution >= 4 is 5.91 Å². The third kappa shape index (κ3) is 3.64. The number of carbonyl (C=O) groups is 1. The normalized spacial score (nSPS) is 17.9. The highest BCUT2D eigenvalue weighted by atomic mass is 16.5. The van der Waals surface area contributed by atoms with Crippen LogP contribution >= 0.6 is 0 Å². The summed E-state index contributed by atoms with van der Waals surface area (Å²) in [6.45, 7) is 1.23. The fourth-order valence-corrected chi connectivity index (χ4v) is 1.40. The van der Waals surface area contributed by atoms with E-state index in [0.29, 0.717) is 25.5 Å². The summed E-state index contributed by atoms with van der Waals surface area (Å²) >= 11 is 0. The Hall–Kier alpha value is -0.610. The molecule has 0 saturated heterocycles. The number of hydrogen-bond acceptors (Lipinski definition) is 3. The molecular weight excluding hydrogens is 180 g/mol. The second kappa shape index (κ2) is 5.32. The average Bonchev–Trinajstić information content (AvgIpc) is 2.96. The van der Waals surface area contributed by atoms with Crippen molar-refractivity contribution in [2.45, 2.75) is 25.3 Å². The number of likely N-dealkylation sites (N-methyl/N-ethyl adjacent to an activating group) is 1. The average molecular weight is 200 g/mol. The van der Waals surface area contributed by atoms with Crippen LogP contribution in [0.1, 0.15) is 19.3 Å². The Bertz CT molecular complexity index is 193. The molecule has 1 aliphatic carbocycles. The second-order valence-electron chi connectivity index (χ2n) is 4.01. The van der Waals surface area contributed by atoms with Crippen LogP contribution in [-0.2, 0) is 9.53 Å². The zero-order valence-corrected chi connectivity index (χ0v) is 9.03. The van der Waals surface area contributed by atoms with Gasteiger partial charge in [-0.1, -0.05) is 0 Å². The van der Waals surface area contributed by atoms with Gasteiger partial charge in [0.05, 0.1) is 6.61 Å². The van der Waals surface area contributed by atoms with Crippen LogP contribution < -0.4 is 5.73 Å². The highest BCUT2D eigenvalue weighted by Gasteiger charge is 2.30. The molecular formula is C10H20N2O2. The van der Waals surface area contributed by atoms with E-state index in [9.17, 15) is 4.79 Å². The van der Waals surface area contributed by atoms with Crippen LogP contribution in [-0.4, -0.2) is 44.2 Å². The van der Waals surface area contributed by atoms with E-state index < -0.39 is 0 Å². The predicted molar refractivity (Wildman–Crippen MR) is 54.8 cm³/mol. The van der Waals surface area contributed by atoms with Crippen LogP contribution in [0.2, 0.25) is 0 Å². The molecule has 0 radical (unpaired) electrons. The Labute approximate surface area is 85.4 Å². The highest BCUT2D eigenvalue weighted by Crippen LogP contribution is 2.32. The minimum atomic E-state index is 0.0625. The molecule has 4 nitrogen and oxygen atoms in total. The Morgan fingerprint density at radius 2 is 2.29 bits per heavy atom. The number of amides is 1. The summed E-state index contributed by atoms with van der Waals surface area (Å²) in [7, 11) is 3.43. The number of rotatable bonds is 6. The largest absolute Gasteiger partial charge is 0.383 e. The van der Waals surface area contributed by atoms with Gasteiger partial charge in [-0.05, 0) is 18.8 Å². The maximum absolute atomic E-state index is 11.6. The van der Waals surface area contributed by atoms with E-state index in [1.165, 1.54) is 12.8 Å². The van der Waals surface area contributed by atoms with E-state index in [-0.39, 0.29) is 11.9 Å². The summed E-state index contributed by atoms with van der Waals surface area (Å²) in [4.78, 5) is 13.3. The third-order valence-electron chi connectivity index (χ3n) is 2.69. The van der Waals surface area contributed by atoms with Gasteiger partial charge in [0.25, 0.3) is 0 Å². The lowest BCUT2D eigenvalue weighted by Gasteiger charge is -2.18. The summed E-state index contributed by atoms with van der Waals surface area (Å²) in [5, 5.41) is 0. The van der Waals surface area contributed by atoms with Crippen molar-refractivity contribution in [1.82, 2.24) is 4.90 Å². The lowest BCUT2D eigenvalue weighted by molar-refractivity contribution is -0.130.